The lowest BCUT2D eigenvalue weighted by Crippen LogP contribution is -2.51. The molecular weight excluding hydrogens is 224 g/mol. The summed E-state index contributed by atoms with van der Waals surface area (Å²) >= 11 is 0. The fraction of sp³-hybridized carbons (Fsp3) is 1.00. The number of nitrogens with zero attached hydrogens (tertiary/aromatic N) is 1. The molecule has 4 nitrogen and oxygen atoms in total. The average Bonchev–Trinajstić information content (AvgIpc) is 2.60. The highest BCUT2D eigenvalue weighted by Crippen LogP contribution is 2.33. The molecule has 1 atom stereocenters. The average molecular weight is 246 g/mol. The van der Waals surface area contributed by atoms with E-state index in [2.05, 4.69) is 5.32 Å². The lowest BCUT2D eigenvalue weighted by molar-refractivity contribution is 0.285. The highest BCUT2D eigenvalue weighted by atomic mass is 32.2. The van der Waals surface area contributed by atoms with Crippen LogP contribution in [0, 0.1) is 0 Å². The number of hydrogen-bond acceptors (Lipinski definition) is 3. The third-order valence-corrected chi connectivity index (χ3v) is 6.34. The van der Waals surface area contributed by atoms with Crippen LogP contribution in [-0.2, 0) is 10.0 Å². The van der Waals surface area contributed by atoms with Gasteiger partial charge in [0.2, 0.25) is 10.0 Å². The summed E-state index contributed by atoms with van der Waals surface area (Å²) in [6, 6.07) is 0. The largest absolute Gasteiger partial charge is 0.315 e. The van der Waals surface area contributed by atoms with E-state index in [1.165, 1.54) is 0 Å². The van der Waals surface area contributed by atoms with Crippen LogP contribution in [0.25, 0.3) is 0 Å². The molecule has 2 rings (SSSR count). The van der Waals surface area contributed by atoms with Gasteiger partial charge in [-0.2, -0.15) is 4.31 Å². The molecule has 16 heavy (non-hydrogen) atoms. The van der Waals surface area contributed by atoms with Crippen LogP contribution in [0.1, 0.15) is 39.5 Å². The van der Waals surface area contributed by atoms with Crippen molar-refractivity contribution in [2.45, 2.75) is 50.3 Å². The SMILES string of the molecule is CC1(C)CCCN1S(=O)(=O)C1CCCNC1. The van der Waals surface area contributed by atoms with Gasteiger partial charge in [0.1, 0.15) is 0 Å². The number of rotatable bonds is 2. The highest BCUT2D eigenvalue weighted by molar-refractivity contribution is 7.89. The minimum Gasteiger partial charge on any atom is -0.315 e. The number of sulfonamides is 1. The number of nitrogens with one attached hydrogen (secondary N) is 1. The maximum atomic E-state index is 12.5. The van der Waals surface area contributed by atoms with Crippen molar-refractivity contribution in [3.63, 3.8) is 0 Å². The molecule has 2 aliphatic heterocycles. The summed E-state index contributed by atoms with van der Waals surface area (Å²) in [6.45, 7) is 6.35. The van der Waals surface area contributed by atoms with Crippen molar-refractivity contribution in [2.24, 2.45) is 0 Å². The molecule has 0 radical (unpaired) electrons. The van der Waals surface area contributed by atoms with Crippen molar-refractivity contribution in [1.82, 2.24) is 9.62 Å². The van der Waals surface area contributed by atoms with Gasteiger partial charge in [-0.15, -0.1) is 0 Å². The molecule has 0 bridgehead atoms. The predicted molar refractivity (Wildman–Crippen MR) is 64.8 cm³/mol. The fourth-order valence-corrected chi connectivity index (χ4v) is 5.13. The maximum Gasteiger partial charge on any atom is 0.218 e. The first-order valence-electron chi connectivity index (χ1n) is 6.17. The van der Waals surface area contributed by atoms with Gasteiger partial charge >= 0.3 is 0 Å². The van der Waals surface area contributed by atoms with Crippen LogP contribution >= 0.6 is 0 Å². The zero-order chi connectivity index (χ0) is 11.8. The molecule has 1 N–H and O–H groups in total. The Hall–Kier alpha value is -0.130. The summed E-state index contributed by atoms with van der Waals surface area (Å²) in [7, 11) is -3.10. The van der Waals surface area contributed by atoms with Gasteiger partial charge in [0.05, 0.1) is 5.25 Å². The third-order valence-electron chi connectivity index (χ3n) is 3.81. The van der Waals surface area contributed by atoms with Crippen LogP contribution in [0.15, 0.2) is 0 Å². The van der Waals surface area contributed by atoms with Crippen molar-refractivity contribution < 1.29 is 8.42 Å². The van der Waals surface area contributed by atoms with E-state index in [0.29, 0.717) is 13.1 Å². The second kappa shape index (κ2) is 4.27. The molecule has 0 aliphatic carbocycles. The first kappa shape index (κ1) is 12.3. The molecule has 94 valence electrons. The Balaban J connectivity index is 2.18. The zero-order valence-electron chi connectivity index (χ0n) is 10.2. The highest BCUT2D eigenvalue weighted by Gasteiger charge is 2.43. The Labute approximate surface area is 98.4 Å². The normalized spacial score (nSPS) is 31.8. The minimum absolute atomic E-state index is 0.184. The molecule has 5 heteroatoms. The van der Waals surface area contributed by atoms with Crippen molar-refractivity contribution in [3.05, 3.63) is 0 Å². The van der Waals surface area contributed by atoms with Gasteiger partial charge in [-0.05, 0) is 46.1 Å². The smallest absolute Gasteiger partial charge is 0.218 e. The second-order valence-electron chi connectivity index (χ2n) is 5.50. The molecule has 2 fully saturated rings. The molecule has 0 aromatic heterocycles. The van der Waals surface area contributed by atoms with Crippen LogP contribution in [-0.4, -0.2) is 43.1 Å². The van der Waals surface area contributed by atoms with Gasteiger partial charge in [0, 0.05) is 18.6 Å². The van der Waals surface area contributed by atoms with E-state index in [1.807, 2.05) is 13.8 Å². The van der Waals surface area contributed by atoms with Crippen molar-refractivity contribution >= 4 is 10.0 Å². The monoisotopic (exact) mass is 246 g/mol. The van der Waals surface area contributed by atoms with Crippen LogP contribution in [0.4, 0.5) is 0 Å². The molecule has 0 saturated carbocycles. The molecule has 2 saturated heterocycles. The Morgan fingerprint density at radius 2 is 2.06 bits per heavy atom. The van der Waals surface area contributed by atoms with Gasteiger partial charge < -0.3 is 5.32 Å². The van der Waals surface area contributed by atoms with E-state index in [4.69, 9.17) is 0 Å². The van der Waals surface area contributed by atoms with Crippen LogP contribution in [0.2, 0.25) is 0 Å². The topological polar surface area (TPSA) is 49.4 Å². The van der Waals surface area contributed by atoms with Gasteiger partial charge in [-0.1, -0.05) is 0 Å². The van der Waals surface area contributed by atoms with Crippen molar-refractivity contribution in [3.8, 4) is 0 Å². The van der Waals surface area contributed by atoms with Crippen molar-refractivity contribution in [2.75, 3.05) is 19.6 Å². The molecular formula is C11H22N2O2S. The minimum atomic E-state index is -3.10. The predicted octanol–water partition coefficient (Wildman–Crippen LogP) is 0.943. The van der Waals surface area contributed by atoms with Crippen LogP contribution in [0.3, 0.4) is 0 Å². The quantitative estimate of drug-likeness (QED) is 0.789. The summed E-state index contributed by atoms with van der Waals surface area (Å²) in [5.74, 6) is 0. The van der Waals surface area contributed by atoms with E-state index >= 15 is 0 Å². The van der Waals surface area contributed by atoms with Crippen molar-refractivity contribution in [1.29, 1.82) is 0 Å². The molecule has 2 aliphatic rings. The standard InChI is InChI=1S/C11H22N2O2S/c1-11(2)6-4-8-13(11)16(14,15)10-5-3-7-12-9-10/h10,12H,3-9H2,1-2H3. The molecule has 2 heterocycles. The molecule has 0 aromatic carbocycles. The van der Waals surface area contributed by atoms with E-state index in [-0.39, 0.29) is 10.8 Å². The Kier molecular flexibility index (Phi) is 3.29. The molecule has 0 spiro atoms. The van der Waals surface area contributed by atoms with Crippen LogP contribution < -0.4 is 5.32 Å². The van der Waals surface area contributed by atoms with E-state index in [0.717, 1.165) is 32.2 Å². The molecule has 0 aromatic rings. The number of piperidine rings is 1. The van der Waals surface area contributed by atoms with E-state index < -0.39 is 10.0 Å². The second-order valence-corrected chi connectivity index (χ2v) is 7.64. The van der Waals surface area contributed by atoms with Gasteiger partial charge in [0.15, 0.2) is 0 Å². The van der Waals surface area contributed by atoms with Gasteiger partial charge in [0.25, 0.3) is 0 Å². The Morgan fingerprint density at radius 1 is 1.31 bits per heavy atom. The summed E-state index contributed by atoms with van der Waals surface area (Å²) in [4.78, 5) is 0. The van der Waals surface area contributed by atoms with Crippen LogP contribution in [0.5, 0.6) is 0 Å². The molecule has 0 amide bonds. The first-order chi connectivity index (χ1) is 7.44. The zero-order valence-corrected chi connectivity index (χ0v) is 11.0. The Morgan fingerprint density at radius 3 is 2.56 bits per heavy atom. The van der Waals surface area contributed by atoms with E-state index in [1.54, 1.807) is 4.31 Å². The first-order valence-corrected chi connectivity index (χ1v) is 7.67. The van der Waals surface area contributed by atoms with E-state index in [9.17, 15) is 8.42 Å². The summed E-state index contributed by atoms with van der Waals surface area (Å²) in [5.41, 5.74) is -0.184. The summed E-state index contributed by atoms with van der Waals surface area (Å²) in [6.07, 6.45) is 3.75. The third kappa shape index (κ3) is 2.13. The summed E-state index contributed by atoms with van der Waals surface area (Å²) in [5, 5.41) is 2.98. The maximum absolute atomic E-state index is 12.5. The lowest BCUT2D eigenvalue weighted by Gasteiger charge is -2.35. The fourth-order valence-electron chi connectivity index (χ4n) is 2.81. The lowest BCUT2D eigenvalue weighted by atomic mass is 10.0. The Bertz CT molecular complexity index is 345. The molecule has 1 unspecified atom stereocenters. The summed E-state index contributed by atoms with van der Waals surface area (Å²) < 4.78 is 26.7. The number of hydrogen-bond donors (Lipinski definition) is 1. The van der Waals surface area contributed by atoms with Gasteiger partial charge in [-0.25, -0.2) is 8.42 Å². The van der Waals surface area contributed by atoms with Gasteiger partial charge in [-0.3, -0.25) is 0 Å².